The third-order valence-electron chi connectivity index (χ3n) is 12.0. The van der Waals surface area contributed by atoms with Crippen LogP contribution in [-0.2, 0) is 59.7 Å². The minimum atomic E-state index is -3.87. The maximum atomic E-state index is 14.6. The first-order chi connectivity index (χ1) is 34.6. The summed E-state index contributed by atoms with van der Waals surface area (Å²) in [4.78, 5) is 69.4. The lowest BCUT2D eigenvalue weighted by Gasteiger charge is -2.26. The monoisotopic (exact) mass is 996 g/mol. The number of aromatic hydroxyl groups is 1. The molecule has 0 fully saturated rings. The first-order valence-corrected chi connectivity index (χ1v) is 24.8. The van der Waals surface area contributed by atoms with Crippen molar-refractivity contribution in [3.05, 3.63) is 162 Å². The summed E-state index contributed by atoms with van der Waals surface area (Å²) in [6.45, 7) is 0.296. The van der Waals surface area contributed by atoms with Crippen LogP contribution < -0.4 is 26.6 Å². The fraction of sp³-hybridized carbons (Fsp3) is 0.264. The number of aliphatic carboxylic acids is 1. The number of carbonyl (C=O) groups is 5. The minimum absolute atomic E-state index is 0.00161. The van der Waals surface area contributed by atoms with Gasteiger partial charge in [0.05, 0.1) is 12.1 Å². The van der Waals surface area contributed by atoms with Crippen molar-refractivity contribution in [1.29, 1.82) is 0 Å². The van der Waals surface area contributed by atoms with Crippen molar-refractivity contribution in [2.24, 2.45) is 0 Å². The average Bonchev–Trinajstić information content (AvgIpc) is 3.87. The van der Waals surface area contributed by atoms with Crippen LogP contribution in [0.5, 0.6) is 5.75 Å². The number of rotatable bonds is 24. The first kappa shape index (κ1) is 51.7. The Kier molecular flexibility index (Phi) is 17.3. The molecule has 18 nitrogen and oxygen atoms in total. The Labute approximate surface area is 416 Å². The quantitative estimate of drug-likeness (QED) is 0.0398. The van der Waals surface area contributed by atoms with Gasteiger partial charge in [0, 0.05) is 39.9 Å². The fourth-order valence-corrected chi connectivity index (χ4v) is 9.15. The predicted octanol–water partition coefficient (Wildman–Crippen LogP) is 4.91. The number of fused-ring (bicyclic) bond motifs is 2. The third-order valence-corrected chi connectivity index (χ3v) is 13.9. The Hall–Kier alpha value is -8.16. The normalized spacial score (nSPS) is 13.2. The van der Waals surface area contributed by atoms with Gasteiger partial charge >= 0.3 is 5.97 Å². The zero-order chi connectivity index (χ0) is 51.2. The molecule has 0 bridgehead atoms. The largest absolute Gasteiger partial charge is 0.508 e. The van der Waals surface area contributed by atoms with E-state index >= 15 is 0 Å². The number of aromatic nitrogens is 2. The Morgan fingerprint density at radius 3 is 1.75 bits per heavy atom. The molecule has 0 saturated carbocycles. The Balaban J connectivity index is 1.10. The molecule has 0 radical (unpaired) electrons. The summed E-state index contributed by atoms with van der Waals surface area (Å²) in [5.74, 6) is -3.92. The number of unbranched alkanes of at least 4 members (excludes halogenated alkanes) is 1. The van der Waals surface area contributed by atoms with Gasteiger partial charge in [0.1, 0.15) is 34.8 Å². The van der Waals surface area contributed by atoms with Gasteiger partial charge in [-0.15, -0.1) is 0 Å². The van der Waals surface area contributed by atoms with Crippen molar-refractivity contribution in [3.8, 4) is 5.75 Å². The molecular formula is C53H56N8O10S. The van der Waals surface area contributed by atoms with Crippen LogP contribution in [0.2, 0.25) is 0 Å². The number of anilines is 1. The van der Waals surface area contributed by atoms with Crippen LogP contribution in [0, 0.1) is 0 Å². The number of carbonyl (C=O) groups excluding carboxylic acids is 4. The summed E-state index contributed by atoms with van der Waals surface area (Å²) in [7, 11) is -1.07. The summed E-state index contributed by atoms with van der Waals surface area (Å²) in [6, 6.07) is 35.3. The van der Waals surface area contributed by atoms with Gasteiger partial charge in [-0.2, -0.15) is 0 Å². The van der Waals surface area contributed by atoms with Crippen molar-refractivity contribution in [2.45, 2.75) is 74.0 Å². The standard InChI is InChI=1S/C53H56N8O10S/c1-61(2)72(69,70)46-27-26-41(48-49(46)60-71-59-48)54-28-12-11-19-42(50(64)58-45(53(67)68)32-36-21-24-40(62)25-22-36)56-52(66)44(31-35-15-7-4-8-16-35)57-51(65)43(30-34-13-5-3-6-14-34)55-47(63)33-37-20-23-38-17-9-10-18-39(38)29-37/h3-10,13-18,20-27,29,42-45,54,62H,11-12,19,28,30-33H2,1-2H3,(H,55,63)(H,56,66)(H,57,65)(H,58,64)(H,67,68)/t42-,43-,44-,45-/m0/s1. The Morgan fingerprint density at radius 2 is 1.11 bits per heavy atom. The Morgan fingerprint density at radius 1 is 0.583 bits per heavy atom. The summed E-state index contributed by atoms with van der Waals surface area (Å²) in [5.41, 5.74) is 3.40. The molecule has 7 rings (SSSR count). The molecule has 1 heterocycles. The smallest absolute Gasteiger partial charge is 0.326 e. The number of hydrogen-bond donors (Lipinski definition) is 7. The number of nitrogens with one attached hydrogen (secondary N) is 5. The fourth-order valence-electron chi connectivity index (χ4n) is 8.14. The van der Waals surface area contributed by atoms with Crippen molar-refractivity contribution >= 4 is 67.1 Å². The van der Waals surface area contributed by atoms with E-state index in [1.807, 2.05) is 72.8 Å². The molecule has 4 amide bonds. The molecule has 1 aromatic heterocycles. The number of sulfonamides is 1. The van der Waals surface area contributed by atoms with E-state index in [0.29, 0.717) is 36.2 Å². The molecule has 7 N–H and O–H groups in total. The van der Waals surface area contributed by atoms with E-state index < -0.39 is 63.8 Å². The number of carboxylic acids is 1. The van der Waals surface area contributed by atoms with Crippen LogP contribution in [0.4, 0.5) is 5.69 Å². The van der Waals surface area contributed by atoms with Gasteiger partial charge in [-0.3, -0.25) is 19.2 Å². The lowest BCUT2D eigenvalue weighted by Crippen LogP contribution is -2.58. The molecule has 7 aromatic rings. The second-order valence-corrected chi connectivity index (χ2v) is 19.7. The predicted molar refractivity (Wildman–Crippen MR) is 270 cm³/mol. The minimum Gasteiger partial charge on any atom is -0.508 e. The molecule has 0 aliphatic rings. The number of hydrogen-bond acceptors (Lipinski definition) is 12. The highest BCUT2D eigenvalue weighted by Gasteiger charge is 2.32. The lowest BCUT2D eigenvalue weighted by molar-refractivity contribution is -0.142. The summed E-state index contributed by atoms with van der Waals surface area (Å²) in [5, 5.41) is 44.0. The number of carboxylic acid groups (broad SMARTS) is 1. The third kappa shape index (κ3) is 13.8. The summed E-state index contributed by atoms with van der Waals surface area (Å²) < 4.78 is 31.8. The van der Waals surface area contributed by atoms with Gasteiger partial charge in [-0.25, -0.2) is 22.1 Å². The highest BCUT2D eigenvalue weighted by atomic mass is 32.2. The maximum Gasteiger partial charge on any atom is 0.326 e. The zero-order valence-corrected chi connectivity index (χ0v) is 40.5. The summed E-state index contributed by atoms with van der Waals surface area (Å²) in [6.07, 6.45) is 0.704. The van der Waals surface area contributed by atoms with Crippen LogP contribution in [0.15, 0.2) is 149 Å². The number of phenols is 1. The van der Waals surface area contributed by atoms with Crippen LogP contribution in [-0.4, -0.2) is 108 Å². The summed E-state index contributed by atoms with van der Waals surface area (Å²) >= 11 is 0. The van der Waals surface area contributed by atoms with Crippen LogP contribution in [0.1, 0.15) is 41.5 Å². The molecule has 0 unspecified atom stereocenters. The average molecular weight is 997 g/mol. The van der Waals surface area contributed by atoms with Gasteiger partial charge < -0.3 is 36.8 Å². The van der Waals surface area contributed by atoms with E-state index in [1.54, 1.807) is 36.4 Å². The Bertz CT molecular complexity index is 3120. The van der Waals surface area contributed by atoms with E-state index in [2.05, 4.69) is 36.9 Å². The van der Waals surface area contributed by atoms with Crippen molar-refractivity contribution in [2.75, 3.05) is 26.0 Å². The van der Waals surface area contributed by atoms with E-state index in [1.165, 1.54) is 44.4 Å². The zero-order valence-electron chi connectivity index (χ0n) is 39.7. The molecule has 72 heavy (non-hydrogen) atoms. The number of nitrogens with zero attached hydrogens (tertiary/aromatic N) is 3. The number of phenolic OH excluding ortho intramolecular Hbond substituents is 1. The second-order valence-electron chi connectivity index (χ2n) is 17.5. The highest BCUT2D eigenvalue weighted by Crippen LogP contribution is 2.28. The van der Waals surface area contributed by atoms with Crippen molar-refractivity contribution < 1.29 is 47.2 Å². The lowest BCUT2D eigenvalue weighted by atomic mass is 10.0. The van der Waals surface area contributed by atoms with Crippen molar-refractivity contribution in [3.63, 3.8) is 0 Å². The van der Waals surface area contributed by atoms with Gasteiger partial charge in [-0.1, -0.05) is 115 Å². The SMILES string of the molecule is CN(C)S(=O)(=O)c1ccc(NCCCC[C@H](NC(=O)[C@H](Cc2ccccc2)NC(=O)[C@H](Cc2ccccc2)NC(=O)Cc2ccc3ccccc3c2)C(=O)N[C@@H](Cc2ccc(O)cc2)C(=O)O)c2nonc12. The molecule has 19 heteroatoms. The molecule has 0 spiro atoms. The first-order valence-electron chi connectivity index (χ1n) is 23.3. The highest BCUT2D eigenvalue weighted by molar-refractivity contribution is 7.89. The van der Waals surface area contributed by atoms with Crippen LogP contribution in [0.25, 0.3) is 21.8 Å². The second kappa shape index (κ2) is 24.1. The van der Waals surface area contributed by atoms with Gasteiger partial charge in [0.15, 0.2) is 11.0 Å². The molecule has 374 valence electrons. The molecule has 0 aliphatic carbocycles. The molecular weight excluding hydrogens is 941 g/mol. The molecule has 0 saturated heterocycles. The molecule has 6 aromatic carbocycles. The van der Waals surface area contributed by atoms with Gasteiger partial charge in [-0.05, 0) is 86.9 Å². The molecule has 0 aliphatic heterocycles. The van der Waals surface area contributed by atoms with E-state index in [9.17, 15) is 42.6 Å². The van der Waals surface area contributed by atoms with Crippen LogP contribution in [0.3, 0.4) is 0 Å². The van der Waals surface area contributed by atoms with E-state index in [4.69, 9.17) is 4.63 Å². The van der Waals surface area contributed by atoms with E-state index in [-0.39, 0.29) is 53.8 Å². The van der Waals surface area contributed by atoms with E-state index in [0.717, 1.165) is 26.2 Å². The maximum absolute atomic E-state index is 14.6. The number of amides is 4. The topological polar surface area (TPSA) is 262 Å². The van der Waals surface area contributed by atoms with Gasteiger partial charge in [0.2, 0.25) is 33.7 Å². The van der Waals surface area contributed by atoms with Crippen molar-refractivity contribution in [1.82, 2.24) is 35.9 Å². The van der Waals surface area contributed by atoms with Crippen LogP contribution >= 0.6 is 0 Å². The molecule has 4 atom stereocenters. The number of benzene rings is 6. The van der Waals surface area contributed by atoms with Gasteiger partial charge in [0.25, 0.3) is 0 Å².